The summed E-state index contributed by atoms with van der Waals surface area (Å²) in [6.07, 6.45) is 0.116. The van der Waals surface area contributed by atoms with Crippen LogP contribution in [-0.2, 0) is 4.74 Å². The normalized spacial score (nSPS) is 19.9. The third kappa shape index (κ3) is 2.09. The average molecular weight is 222 g/mol. The van der Waals surface area contributed by atoms with Crippen LogP contribution in [0, 0.1) is 0 Å². The number of ether oxygens (including phenoxy) is 1. The van der Waals surface area contributed by atoms with Crippen molar-refractivity contribution in [3.63, 3.8) is 0 Å². The van der Waals surface area contributed by atoms with Gasteiger partial charge in [0.15, 0.2) is 0 Å². The van der Waals surface area contributed by atoms with E-state index in [1.165, 1.54) is 11.0 Å². The lowest BCUT2D eigenvalue weighted by Gasteiger charge is -2.12. The van der Waals surface area contributed by atoms with Gasteiger partial charge in [0.25, 0.3) is 0 Å². The molecule has 1 fully saturated rings. The highest BCUT2D eigenvalue weighted by Crippen LogP contribution is 2.25. The van der Waals surface area contributed by atoms with E-state index in [9.17, 15) is 9.90 Å². The predicted molar refractivity (Wildman–Crippen MR) is 59.4 cm³/mol. The van der Waals surface area contributed by atoms with Crippen molar-refractivity contribution in [1.29, 1.82) is 0 Å². The summed E-state index contributed by atoms with van der Waals surface area (Å²) in [5.41, 5.74) is 6.06. The minimum absolute atomic E-state index is 0.132. The highest BCUT2D eigenvalue weighted by Gasteiger charge is 2.31. The van der Waals surface area contributed by atoms with E-state index in [1.54, 1.807) is 18.2 Å². The third-order valence-corrected chi connectivity index (χ3v) is 2.50. The van der Waals surface area contributed by atoms with E-state index in [1.807, 2.05) is 0 Å². The third-order valence-electron chi connectivity index (χ3n) is 2.50. The van der Waals surface area contributed by atoms with Crippen molar-refractivity contribution in [2.24, 2.45) is 5.73 Å². The van der Waals surface area contributed by atoms with Crippen LogP contribution < -0.4 is 10.6 Å². The van der Waals surface area contributed by atoms with Crippen LogP contribution in [0.25, 0.3) is 0 Å². The molecule has 3 N–H and O–H groups in total. The molecule has 1 aromatic carbocycles. The molecule has 5 nitrogen and oxygen atoms in total. The van der Waals surface area contributed by atoms with Gasteiger partial charge in [-0.05, 0) is 25.1 Å². The van der Waals surface area contributed by atoms with Gasteiger partial charge in [0, 0.05) is 6.07 Å². The number of nitrogens with zero attached hydrogens (tertiary/aromatic N) is 1. The lowest BCUT2D eigenvalue weighted by molar-refractivity contribution is 0.138. The average Bonchev–Trinajstić information content (AvgIpc) is 2.60. The Bertz CT molecular complexity index is 395. The first-order valence-electron chi connectivity index (χ1n) is 5.18. The van der Waals surface area contributed by atoms with Crippen molar-refractivity contribution in [3.8, 4) is 5.75 Å². The number of hydrogen-bond donors (Lipinski definition) is 2. The first-order chi connectivity index (χ1) is 7.70. The SMILES string of the molecule is NCCC1CN(c2cccc(O)c2)C(=O)O1. The Morgan fingerprint density at radius 2 is 2.38 bits per heavy atom. The zero-order valence-corrected chi connectivity index (χ0v) is 8.80. The van der Waals surface area contributed by atoms with Crippen LogP contribution in [-0.4, -0.2) is 30.4 Å². The topological polar surface area (TPSA) is 75.8 Å². The van der Waals surface area contributed by atoms with E-state index in [2.05, 4.69) is 0 Å². The van der Waals surface area contributed by atoms with E-state index in [0.717, 1.165) is 0 Å². The Morgan fingerprint density at radius 1 is 1.56 bits per heavy atom. The summed E-state index contributed by atoms with van der Waals surface area (Å²) in [5, 5.41) is 9.33. The number of cyclic esters (lactones) is 1. The van der Waals surface area contributed by atoms with Crippen LogP contribution in [0.4, 0.5) is 10.5 Å². The molecule has 0 spiro atoms. The summed E-state index contributed by atoms with van der Waals surface area (Å²) in [4.78, 5) is 13.1. The second-order valence-corrected chi connectivity index (χ2v) is 3.71. The van der Waals surface area contributed by atoms with E-state index in [4.69, 9.17) is 10.5 Å². The smallest absolute Gasteiger partial charge is 0.414 e. The summed E-state index contributed by atoms with van der Waals surface area (Å²) >= 11 is 0. The Balaban J connectivity index is 2.13. The van der Waals surface area contributed by atoms with Gasteiger partial charge in [-0.15, -0.1) is 0 Å². The van der Waals surface area contributed by atoms with E-state index in [-0.39, 0.29) is 17.9 Å². The molecule has 1 aromatic rings. The second kappa shape index (κ2) is 4.40. The van der Waals surface area contributed by atoms with Crippen molar-refractivity contribution in [2.75, 3.05) is 18.0 Å². The monoisotopic (exact) mass is 222 g/mol. The standard InChI is InChI=1S/C11H14N2O3/c12-5-4-10-7-13(11(15)16-10)8-2-1-3-9(14)6-8/h1-3,6,10,14H,4-5,7,12H2. The molecule has 1 unspecified atom stereocenters. The molecule has 0 saturated carbocycles. The molecule has 86 valence electrons. The van der Waals surface area contributed by atoms with Crippen molar-refractivity contribution in [3.05, 3.63) is 24.3 Å². The molecule has 1 aliphatic heterocycles. The molecule has 5 heteroatoms. The second-order valence-electron chi connectivity index (χ2n) is 3.71. The summed E-state index contributed by atoms with van der Waals surface area (Å²) in [7, 11) is 0. The van der Waals surface area contributed by atoms with E-state index >= 15 is 0 Å². The lowest BCUT2D eigenvalue weighted by atomic mass is 10.2. The predicted octanol–water partition coefficient (Wildman–Crippen LogP) is 1.07. The maximum absolute atomic E-state index is 11.6. The number of carbonyl (C=O) groups is 1. The fourth-order valence-electron chi connectivity index (χ4n) is 1.73. The summed E-state index contributed by atoms with van der Waals surface area (Å²) in [5.74, 6) is 0.132. The fourth-order valence-corrected chi connectivity index (χ4v) is 1.73. The Kier molecular flexibility index (Phi) is 2.96. The number of aromatic hydroxyl groups is 1. The maximum Gasteiger partial charge on any atom is 0.414 e. The molecular weight excluding hydrogens is 208 g/mol. The molecule has 1 aliphatic rings. The van der Waals surface area contributed by atoms with Gasteiger partial charge in [0.1, 0.15) is 11.9 Å². The molecular formula is C11H14N2O3. The van der Waals surface area contributed by atoms with Crippen LogP contribution >= 0.6 is 0 Å². The number of amides is 1. The lowest BCUT2D eigenvalue weighted by Crippen LogP contribution is -2.24. The molecule has 0 bridgehead atoms. The molecule has 0 aliphatic carbocycles. The highest BCUT2D eigenvalue weighted by molar-refractivity contribution is 5.89. The summed E-state index contributed by atoms with van der Waals surface area (Å²) < 4.78 is 5.13. The molecule has 1 atom stereocenters. The van der Waals surface area contributed by atoms with Gasteiger partial charge < -0.3 is 15.6 Å². The van der Waals surface area contributed by atoms with Crippen molar-refractivity contribution in [2.45, 2.75) is 12.5 Å². The number of anilines is 1. The maximum atomic E-state index is 11.6. The van der Waals surface area contributed by atoms with Crippen LogP contribution in [0.5, 0.6) is 5.75 Å². The number of nitrogens with two attached hydrogens (primary N) is 1. The number of phenols is 1. The molecule has 2 rings (SSSR count). The van der Waals surface area contributed by atoms with Gasteiger partial charge in [-0.25, -0.2) is 4.79 Å². The van der Waals surface area contributed by atoms with Gasteiger partial charge >= 0.3 is 6.09 Å². The number of hydrogen-bond acceptors (Lipinski definition) is 4. The van der Waals surface area contributed by atoms with Crippen LogP contribution in [0.3, 0.4) is 0 Å². The van der Waals surface area contributed by atoms with Gasteiger partial charge in [0.2, 0.25) is 0 Å². The number of benzene rings is 1. The fraction of sp³-hybridized carbons (Fsp3) is 0.364. The molecule has 0 aromatic heterocycles. The number of rotatable bonds is 3. The zero-order valence-electron chi connectivity index (χ0n) is 8.80. The molecule has 1 saturated heterocycles. The molecule has 16 heavy (non-hydrogen) atoms. The Labute approximate surface area is 93.4 Å². The number of phenolic OH excluding ortho intramolecular Hbond substituents is 1. The first kappa shape index (κ1) is 10.8. The van der Waals surface area contributed by atoms with Crippen molar-refractivity contribution in [1.82, 2.24) is 0 Å². The zero-order chi connectivity index (χ0) is 11.5. The Morgan fingerprint density at radius 3 is 3.06 bits per heavy atom. The van der Waals surface area contributed by atoms with Crippen molar-refractivity contribution < 1.29 is 14.6 Å². The molecule has 0 radical (unpaired) electrons. The minimum atomic E-state index is -0.385. The Hall–Kier alpha value is -1.75. The quantitative estimate of drug-likeness (QED) is 0.802. The first-order valence-corrected chi connectivity index (χ1v) is 5.18. The van der Waals surface area contributed by atoms with Crippen LogP contribution in [0.2, 0.25) is 0 Å². The van der Waals surface area contributed by atoms with Gasteiger partial charge in [0.05, 0.1) is 12.2 Å². The van der Waals surface area contributed by atoms with Gasteiger partial charge in [-0.2, -0.15) is 0 Å². The summed E-state index contributed by atoms with van der Waals surface area (Å²) in [6.45, 7) is 0.977. The minimum Gasteiger partial charge on any atom is -0.508 e. The van der Waals surface area contributed by atoms with Gasteiger partial charge in [-0.1, -0.05) is 6.07 Å². The highest BCUT2D eigenvalue weighted by atomic mass is 16.6. The van der Waals surface area contributed by atoms with Crippen molar-refractivity contribution >= 4 is 11.8 Å². The number of carbonyl (C=O) groups excluding carboxylic acids is 1. The van der Waals surface area contributed by atoms with Crippen LogP contribution in [0.1, 0.15) is 6.42 Å². The van der Waals surface area contributed by atoms with E-state index < -0.39 is 0 Å². The van der Waals surface area contributed by atoms with E-state index in [0.29, 0.717) is 25.2 Å². The van der Waals surface area contributed by atoms with Gasteiger partial charge in [-0.3, -0.25) is 4.90 Å². The summed E-state index contributed by atoms with van der Waals surface area (Å²) in [6, 6.07) is 6.54. The van der Waals surface area contributed by atoms with Crippen LogP contribution in [0.15, 0.2) is 24.3 Å². The molecule has 1 heterocycles. The largest absolute Gasteiger partial charge is 0.508 e. The molecule has 1 amide bonds.